The van der Waals surface area contributed by atoms with E-state index < -0.39 is 17.3 Å². The predicted octanol–water partition coefficient (Wildman–Crippen LogP) is 6.86. The van der Waals surface area contributed by atoms with E-state index in [1.54, 1.807) is 43.3 Å². The Kier molecular flexibility index (Phi) is 7.17. The van der Waals surface area contributed by atoms with Crippen LogP contribution in [0.2, 0.25) is 5.02 Å². The molecule has 0 aliphatic carbocycles. The molecule has 1 heterocycles. The summed E-state index contributed by atoms with van der Waals surface area (Å²) in [6.07, 6.45) is -3.06. The maximum Gasteiger partial charge on any atom is 0.417 e. The minimum Gasteiger partial charge on any atom is -0.384 e. The molecule has 0 spiro atoms. The molecule has 0 saturated heterocycles. The number of carbonyl (C=O) groups excluding carboxylic acids is 1. The maximum atomic E-state index is 13.9. The highest BCUT2D eigenvalue weighted by Gasteiger charge is 2.35. The summed E-state index contributed by atoms with van der Waals surface area (Å²) in [5.74, 6) is -0.262. The molecule has 9 heteroatoms. The van der Waals surface area contributed by atoms with Gasteiger partial charge >= 0.3 is 6.18 Å². The fraction of sp³-hybridized carbons (Fsp3) is 0.214. The van der Waals surface area contributed by atoms with Crippen LogP contribution in [0.1, 0.15) is 42.4 Å². The third kappa shape index (κ3) is 5.55. The van der Waals surface area contributed by atoms with Gasteiger partial charge < -0.3 is 10.4 Å². The number of hydrogen-bond donors (Lipinski definition) is 2. The Morgan fingerprint density at radius 1 is 1.03 bits per heavy atom. The van der Waals surface area contributed by atoms with Gasteiger partial charge in [0.05, 0.1) is 21.8 Å². The lowest BCUT2D eigenvalue weighted by Crippen LogP contribution is -2.22. The standard InChI is InChI=1S/C28H25ClF3N3O2/c1-4-33-26(36)21-15-18(12-13-23(21)29)17-8-7-9-19(14-17)35-16-24(27(2,3)37)34-25(35)20-10-5-6-11-22(20)28(30,31)32/h5-16,37H,4H2,1-3H3,(H,33,36). The molecule has 0 fully saturated rings. The van der Waals surface area contributed by atoms with Crippen LogP contribution in [0.25, 0.3) is 28.2 Å². The van der Waals surface area contributed by atoms with E-state index >= 15 is 0 Å². The summed E-state index contributed by atoms with van der Waals surface area (Å²) in [4.78, 5) is 16.8. The number of alkyl halides is 3. The summed E-state index contributed by atoms with van der Waals surface area (Å²) in [6.45, 7) is 5.29. The number of benzene rings is 3. The Morgan fingerprint density at radius 2 is 1.73 bits per heavy atom. The second kappa shape index (κ2) is 10.0. The second-order valence-corrected chi connectivity index (χ2v) is 9.43. The van der Waals surface area contributed by atoms with Crippen LogP contribution in [0.3, 0.4) is 0 Å². The summed E-state index contributed by atoms with van der Waals surface area (Å²) in [6, 6.07) is 17.4. The van der Waals surface area contributed by atoms with Gasteiger partial charge in [0.2, 0.25) is 0 Å². The first-order chi connectivity index (χ1) is 17.4. The number of carbonyl (C=O) groups is 1. The monoisotopic (exact) mass is 527 g/mol. The molecule has 4 rings (SSSR count). The van der Waals surface area contributed by atoms with E-state index in [1.165, 1.54) is 42.8 Å². The van der Waals surface area contributed by atoms with Crippen molar-refractivity contribution in [3.8, 4) is 28.2 Å². The van der Waals surface area contributed by atoms with Gasteiger partial charge in [-0.15, -0.1) is 0 Å². The van der Waals surface area contributed by atoms with E-state index in [9.17, 15) is 23.1 Å². The zero-order chi connectivity index (χ0) is 27.0. The zero-order valence-electron chi connectivity index (χ0n) is 20.4. The predicted molar refractivity (Wildman–Crippen MR) is 138 cm³/mol. The van der Waals surface area contributed by atoms with Crippen LogP contribution in [0.5, 0.6) is 0 Å². The van der Waals surface area contributed by atoms with Gasteiger partial charge in [-0.1, -0.05) is 48.0 Å². The van der Waals surface area contributed by atoms with Gasteiger partial charge in [0.25, 0.3) is 5.91 Å². The van der Waals surface area contributed by atoms with Crippen molar-refractivity contribution < 1.29 is 23.1 Å². The van der Waals surface area contributed by atoms with Crippen molar-refractivity contribution in [3.63, 3.8) is 0 Å². The molecule has 37 heavy (non-hydrogen) atoms. The molecule has 0 bridgehead atoms. The van der Waals surface area contributed by atoms with Crippen LogP contribution >= 0.6 is 11.6 Å². The Hall–Kier alpha value is -3.62. The minimum atomic E-state index is -4.59. The van der Waals surface area contributed by atoms with Crippen molar-refractivity contribution >= 4 is 17.5 Å². The summed E-state index contributed by atoms with van der Waals surface area (Å²) in [7, 11) is 0. The molecule has 0 unspecified atom stereocenters. The van der Waals surface area contributed by atoms with Gasteiger partial charge in [-0.25, -0.2) is 4.98 Å². The molecule has 0 aliphatic rings. The fourth-order valence-corrected chi connectivity index (χ4v) is 4.16. The highest BCUT2D eigenvalue weighted by molar-refractivity contribution is 6.34. The number of aliphatic hydroxyl groups is 1. The number of imidazole rings is 1. The van der Waals surface area contributed by atoms with Crippen molar-refractivity contribution in [2.75, 3.05) is 6.54 Å². The normalized spacial score (nSPS) is 12.0. The molecule has 0 aliphatic heterocycles. The van der Waals surface area contributed by atoms with Crippen LogP contribution < -0.4 is 5.32 Å². The Labute approximate surface area is 217 Å². The second-order valence-electron chi connectivity index (χ2n) is 9.03. The number of nitrogens with zero attached hydrogens (tertiary/aromatic N) is 2. The number of hydrogen-bond acceptors (Lipinski definition) is 3. The zero-order valence-corrected chi connectivity index (χ0v) is 21.2. The van der Waals surface area contributed by atoms with Crippen molar-refractivity contribution in [1.29, 1.82) is 0 Å². The van der Waals surface area contributed by atoms with Crippen LogP contribution in [0, 0.1) is 0 Å². The number of nitrogens with one attached hydrogen (secondary N) is 1. The van der Waals surface area contributed by atoms with Gasteiger partial charge in [-0.3, -0.25) is 9.36 Å². The summed E-state index contributed by atoms with van der Waals surface area (Å²) >= 11 is 6.24. The molecule has 2 N–H and O–H groups in total. The lowest BCUT2D eigenvalue weighted by molar-refractivity contribution is -0.137. The number of halogens is 4. The molecule has 0 atom stereocenters. The number of amides is 1. The molecular formula is C28H25ClF3N3O2. The molecule has 4 aromatic rings. The number of aromatic nitrogens is 2. The Bertz CT molecular complexity index is 1460. The summed E-state index contributed by atoms with van der Waals surface area (Å²) < 4.78 is 43.1. The SMILES string of the molecule is CCNC(=O)c1cc(-c2cccc(-n3cc(C(C)(C)O)nc3-c3ccccc3C(F)(F)F)c2)ccc1Cl. The van der Waals surface area contributed by atoms with Gasteiger partial charge in [-0.2, -0.15) is 13.2 Å². The third-order valence-electron chi connectivity index (χ3n) is 5.81. The van der Waals surface area contributed by atoms with Crippen LogP contribution in [-0.4, -0.2) is 27.1 Å². The lowest BCUT2D eigenvalue weighted by atomic mass is 10.0. The van der Waals surface area contributed by atoms with E-state index in [0.29, 0.717) is 33.9 Å². The van der Waals surface area contributed by atoms with E-state index in [1.807, 2.05) is 6.07 Å². The average molecular weight is 528 g/mol. The molecular weight excluding hydrogens is 503 g/mol. The van der Waals surface area contributed by atoms with E-state index in [-0.39, 0.29) is 23.0 Å². The fourth-order valence-electron chi connectivity index (χ4n) is 3.96. The third-order valence-corrected chi connectivity index (χ3v) is 6.14. The summed E-state index contributed by atoms with van der Waals surface area (Å²) in [5, 5.41) is 13.6. The van der Waals surface area contributed by atoms with E-state index in [2.05, 4.69) is 10.3 Å². The van der Waals surface area contributed by atoms with Crippen molar-refractivity contribution in [3.05, 3.63) is 94.8 Å². The van der Waals surface area contributed by atoms with Crippen LogP contribution in [0.4, 0.5) is 13.2 Å². The molecule has 3 aromatic carbocycles. The number of rotatable bonds is 6. The maximum absolute atomic E-state index is 13.9. The quantitative estimate of drug-likeness (QED) is 0.288. The Balaban J connectivity index is 1.88. The van der Waals surface area contributed by atoms with E-state index in [4.69, 9.17) is 11.6 Å². The van der Waals surface area contributed by atoms with E-state index in [0.717, 1.165) is 6.07 Å². The summed E-state index contributed by atoms with van der Waals surface area (Å²) in [5.41, 5.74) is 0.157. The van der Waals surface area contributed by atoms with Gasteiger partial charge in [0.1, 0.15) is 11.4 Å². The molecule has 1 amide bonds. The van der Waals surface area contributed by atoms with Crippen molar-refractivity contribution in [2.24, 2.45) is 0 Å². The first-order valence-corrected chi connectivity index (χ1v) is 12.0. The van der Waals surface area contributed by atoms with Crippen LogP contribution in [0.15, 0.2) is 72.9 Å². The van der Waals surface area contributed by atoms with Gasteiger partial charge in [-0.05, 0) is 62.2 Å². The van der Waals surface area contributed by atoms with Gasteiger partial charge in [0, 0.05) is 24.0 Å². The van der Waals surface area contributed by atoms with Gasteiger partial charge in [0.15, 0.2) is 0 Å². The molecule has 0 saturated carbocycles. The van der Waals surface area contributed by atoms with Crippen molar-refractivity contribution in [2.45, 2.75) is 32.5 Å². The largest absolute Gasteiger partial charge is 0.417 e. The topological polar surface area (TPSA) is 67.2 Å². The first kappa shape index (κ1) is 26.4. The smallest absolute Gasteiger partial charge is 0.384 e. The molecule has 0 radical (unpaired) electrons. The lowest BCUT2D eigenvalue weighted by Gasteiger charge is -2.15. The highest BCUT2D eigenvalue weighted by Crippen LogP contribution is 2.38. The molecule has 5 nitrogen and oxygen atoms in total. The first-order valence-electron chi connectivity index (χ1n) is 11.6. The highest BCUT2D eigenvalue weighted by atomic mass is 35.5. The van der Waals surface area contributed by atoms with Crippen LogP contribution in [-0.2, 0) is 11.8 Å². The molecule has 192 valence electrons. The Morgan fingerprint density at radius 3 is 2.41 bits per heavy atom. The average Bonchev–Trinajstić information content (AvgIpc) is 3.30. The molecule has 1 aromatic heterocycles. The minimum absolute atomic E-state index is 0.0429. The van der Waals surface area contributed by atoms with Crippen molar-refractivity contribution in [1.82, 2.24) is 14.9 Å².